The van der Waals surface area contributed by atoms with Crippen molar-refractivity contribution in [3.63, 3.8) is 0 Å². The van der Waals surface area contributed by atoms with Gasteiger partial charge in [-0.25, -0.2) is 0 Å². The molecule has 1 aliphatic carbocycles. The van der Waals surface area contributed by atoms with Crippen LogP contribution in [0.3, 0.4) is 0 Å². The summed E-state index contributed by atoms with van der Waals surface area (Å²) in [6, 6.07) is 4.55. The molecule has 4 nitrogen and oxygen atoms in total. The smallest absolute Gasteiger partial charge is 0.191 e. The zero-order chi connectivity index (χ0) is 13.3. The highest BCUT2D eigenvalue weighted by molar-refractivity contribution is 5.80. The van der Waals surface area contributed by atoms with Gasteiger partial charge >= 0.3 is 0 Å². The van der Waals surface area contributed by atoms with Crippen LogP contribution in [0.1, 0.15) is 25.3 Å². The molecule has 2 N–H and O–H groups in total. The minimum Gasteiger partial charge on any atom is -0.357 e. The molecule has 1 aromatic heterocycles. The minimum atomic E-state index is 0.496. The number of hydrogen-bond donors (Lipinski definition) is 2. The summed E-state index contributed by atoms with van der Waals surface area (Å²) in [5, 5.41) is 6.76. The van der Waals surface area contributed by atoms with Gasteiger partial charge < -0.3 is 10.6 Å². The highest BCUT2D eigenvalue weighted by Crippen LogP contribution is 2.08. The third-order valence-electron chi connectivity index (χ3n) is 3.09. The highest BCUT2D eigenvalue weighted by Gasteiger charge is 2.11. The number of nitrogens with zero attached hydrogens (tertiary/aromatic N) is 2. The lowest BCUT2D eigenvalue weighted by atomic mass is 10.2. The summed E-state index contributed by atoms with van der Waals surface area (Å²) >= 11 is 0. The molecule has 0 fully saturated rings. The first-order chi connectivity index (χ1) is 9.38. The van der Waals surface area contributed by atoms with Gasteiger partial charge in [0.25, 0.3) is 0 Å². The van der Waals surface area contributed by atoms with Crippen LogP contribution in [0.5, 0.6) is 0 Å². The van der Waals surface area contributed by atoms with Crippen molar-refractivity contribution in [2.24, 2.45) is 4.99 Å². The van der Waals surface area contributed by atoms with Crippen molar-refractivity contribution in [3.05, 3.63) is 42.2 Å². The van der Waals surface area contributed by atoms with E-state index < -0.39 is 0 Å². The Bertz CT molecular complexity index is 417. The minimum absolute atomic E-state index is 0.496. The summed E-state index contributed by atoms with van der Waals surface area (Å²) in [7, 11) is 0. The summed E-state index contributed by atoms with van der Waals surface area (Å²) in [4.78, 5) is 8.73. The van der Waals surface area contributed by atoms with Crippen molar-refractivity contribution in [3.8, 4) is 0 Å². The molecule has 1 heterocycles. The third-order valence-corrected chi connectivity index (χ3v) is 3.09. The Morgan fingerprint density at radius 1 is 1.42 bits per heavy atom. The number of pyridine rings is 1. The van der Waals surface area contributed by atoms with E-state index in [1.54, 1.807) is 6.20 Å². The molecule has 0 spiro atoms. The molecule has 0 saturated heterocycles. The predicted molar refractivity (Wildman–Crippen MR) is 79.2 cm³/mol. The molecular formula is C15H22N4. The first kappa shape index (κ1) is 13.6. The van der Waals surface area contributed by atoms with E-state index in [2.05, 4.69) is 45.8 Å². The Kier molecular flexibility index (Phi) is 5.41. The van der Waals surface area contributed by atoms with Gasteiger partial charge in [-0.05, 0) is 37.8 Å². The van der Waals surface area contributed by atoms with Crippen LogP contribution in [0.25, 0.3) is 0 Å². The van der Waals surface area contributed by atoms with E-state index in [1.165, 1.54) is 5.56 Å². The maximum Gasteiger partial charge on any atom is 0.191 e. The summed E-state index contributed by atoms with van der Waals surface area (Å²) in [6.45, 7) is 3.76. The van der Waals surface area contributed by atoms with E-state index in [4.69, 9.17) is 0 Å². The number of aliphatic imine (C=N–C) groups is 1. The summed E-state index contributed by atoms with van der Waals surface area (Å²) in [5.74, 6) is 0.917. The lowest BCUT2D eigenvalue weighted by Gasteiger charge is -2.16. The predicted octanol–water partition coefficient (Wildman–Crippen LogP) is 1.90. The Balaban J connectivity index is 1.81. The fraction of sp³-hybridized carbons (Fsp3) is 0.467. The van der Waals surface area contributed by atoms with Crippen molar-refractivity contribution in [2.45, 2.75) is 32.2 Å². The van der Waals surface area contributed by atoms with Gasteiger partial charge in [0.1, 0.15) is 0 Å². The van der Waals surface area contributed by atoms with Gasteiger partial charge in [-0.1, -0.05) is 18.2 Å². The Morgan fingerprint density at radius 3 is 2.95 bits per heavy atom. The van der Waals surface area contributed by atoms with Crippen LogP contribution >= 0.6 is 0 Å². The first-order valence-corrected chi connectivity index (χ1v) is 6.97. The lowest BCUT2D eigenvalue weighted by molar-refractivity contribution is 0.633. The van der Waals surface area contributed by atoms with Crippen LogP contribution < -0.4 is 10.6 Å². The molecule has 0 saturated carbocycles. The van der Waals surface area contributed by atoms with Gasteiger partial charge in [0.05, 0.1) is 0 Å². The van der Waals surface area contributed by atoms with Crippen LogP contribution in [0, 0.1) is 0 Å². The Labute approximate surface area is 115 Å². The number of guanidine groups is 1. The first-order valence-electron chi connectivity index (χ1n) is 6.97. The second-order valence-electron chi connectivity index (χ2n) is 4.66. The van der Waals surface area contributed by atoms with Crippen molar-refractivity contribution >= 4 is 5.96 Å². The normalized spacial score (nSPS) is 15.7. The maximum absolute atomic E-state index is 4.61. The van der Waals surface area contributed by atoms with Crippen molar-refractivity contribution in [1.29, 1.82) is 0 Å². The number of rotatable bonds is 5. The quantitative estimate of drug-likeness (QED) is 0.482. The van der Waals surface area contributed by atoms with Crippen molar-refractivity contribution < 1.29 is 0 Å². The van der Waals surface area contributed by atoms with Gasteiger partial charge in [-0.2, -0.15) is 0 Å². The zero-order valence-electron chi connectivity index (χ0n) is 11.5. The molecule has 0 bridgehead atoms. The Morgan fingerprint density at radius 2 is 2.26 bits per heavy atom. The van der Waals surface area contributed by atoms with E-state index in [-0.39, 0.29) is 0 Å². The van der Waals surface area contributed by atoms with E-state index in [0.29, 0.717) is 6.04 Å². The van der Waals surface area contributed by atoms with E-state index in [0.717, 1.165) is 38.3 Å². The van der Waals surface area contributed by atoms with Crippen LogP contribution in [0.15, 0.2) is 41.7 Å². The highest BCUT2D eigenvalue weighted by atomic mass is 15.2. The summed E-state index contributed by atoms with van der Waals surface area (Å²) < 4.78 is 0. The average Bonchev–Trinajstić information content (AvgIpc) is 2.93. The second kappa shape index (κ2) is 7.56. The molecule has 0 amide bonds. The maximum atomic E-state index is 4.61. The molecule has 0 atom stereocenters. The van der Waals surface area contributed by atoms with Gasteiger partial charge in [-0.3, -0.25) is 9.98 Å². The molecule has 2 rings (SSSR count). The monoisotopic (exact) mass is 258 g/mol. The molecule has 19 heavy (non-hydrogen) atoms. The average molecular weight is 258 g/mol. The molecular weight excluding hydrogens is 236 g/mol. The van der Waals surface area contributed by atoms with Gasteiger partial charge in [0.15, 0.2) is 5.96 Å². The van der Waals surface area contributed by atoms with Gasteiger partial charge in [-0.15, -0.1) is 0 Å². The van der Waals surface area contributed by atoms with E-state index in [9.17, 15) is 0 Å². The largest absolute Gasteiger partial charge is 0.357 e. The molecule has 1 aromatic rings. The van der Waals surface area contributed by atoms with Crippen LogP contribution in [0.2, 0.25) is 0 Å². The van der Waals surface area contributed by atoms with Gasteiger partial charge in [0.2, 0.25) is 0 Å². The van der Waals surface area contributed by atoms with Crippen LogP contribution in [0.4, 0.5) is 0 Å². The third kappa shape index (κ3) is 4.73. The molecule has 1 aliphatic rings. The molecule has 0 radical (unpaired) electrons. The van der Waals surface area contributed by atoms with E-state index in [1.807, 2.05) is 12.3 Å². The molecule has 0 aromatic carbocycles. The van der Waals surface area contributed by atoms with Crippen molar-refractivity contribution in [1.82, 2.24) is 15.6 Å². The SMILES string of the molecule is CCNC(=NCCc1cccnc1)NC1CC=CC1. The molecule has 0 unspecified atom stereocenters. The van der Waals surface area contributed by atoms with Crippen molar-refractivity contribution in [2.75, 3.05) is 13.1 Å². The summed E-state index contributed by atoms with van der Waals surface area (Å²) in [6.07, 6.45) is 11.2. The second-order valence-corrected chi connectivity index (χ2v) is 4.66. The summed E-state index contributed by atoms with van der Waals surface area (Å²) in [5.41, 5.74) is 1.23. The zero-order valence-corrected chi connectivity index (χ0v) is 11.5. The number of hydrogen-bond acceptors (Lipinski definition) is 2. The standard InChI is InChI=1S/C15H22N4/c1-2-17-15(19-14-7-3-4-8-14)18-11-9-13-6-5-10-16-12-13/h3-6,10,12,14H,2,7-9,11H2,1H3,(H2,17,18,19). The number of nitrogens with one attached hydrogen (secondary N) is 2. The van der Waals surface area contributed by atoms with Gasteiger partial charge in [0, 0.05) is 31.5 Å². The topological polar surface area (TPSA) is 49.3 Å². The van der Waals surface area contributed by atoms with Crippen LogP contribution in [-0.2, 0) is 6.42 Å². The Hall–Kier alpha value is -1.84. The fourth-order valence-corrected chi connectivity index (χ4v) is 2.09. The number of aromatic nitrogens is 1. The van der Waals surface area contributed by atoms with E-state index >= 15 is 0 Å². The molecule has 0 aliphatic heterocycles. The molecule has 102 valence electrons. The van der Waals surface area contributed by atoms with Crippen LogP contribution in [-0.4, -0.2) is 30.1 Å². The molecule has 4 heteroatoms. The fourth-order valence-electron chi connectivity index (χ4n) is 2.09. The lowest BCUT2D eigenvalue weighted by Crippen LogP contribution is -2.42.